The molecule has 3 rings (SSSR count). The van der Waals surface area contributed by atoms with E-state index in [2.05, 4.69) is 4.98 Å². The van der Waals surface area contributed by atoms with Gasteiger partial charge in [0.05, 0.1) is 11.1 Å². The van der Waals surface area contributed by atoms with Crippen LogP contribution in [0, 0.1) is 19.7 Å². The third-order valence-electron chi connectivity index (χ3n) is 4.53. The molecule has 0 aliphatic rings. The van der Waals surface area contributed by atoms with E-state index >= 15 is 0 Å². The van der Waals surface area contributed by atoms with Crippen LogP contribution in [-0.2, 0) is 11.2 Å². The van der Waals surface area contributed by atoms with Gasteiger partial charge in [-0.15, -0.1) is 0 Å². The van der Waals surface area contributed by atoms with Gasteiger partial charge in [-0.1, -0.05) is 25.1 Å². The van der Waals surface area contributed by atoms with E-state index in [0.29, 0.717) is 17.8 Å². The van der Waals surface area contributed by atoms with Crippen LogP contribution in [0.1, 0.15) is 29.4 Å². The zero-order valence-corrected chi connectivity index (χ0v) is 15.8. The summed E-state index contributed by atoms with van der Waals surface area (Å²) >= 11 is 0. The fourth-order valence-electron chi connectivity index (χ4n) is 3.24. The molecule has 3 aromatic rings. The maximum atomic E-state index is 14.6. The van der Waals surface area contributed by atoms with Crippen LogP contribution in [0.25, 0.3) is 22.7 Å². The first kappa shape index (κ1) is 19.4. The van der Waals surface area contributed by atoms with Crippen LogP contribution < -0.4 is 11.0 Å². The maximum Gasteiger partial charge on any atom is 0.267 e. The summed E-state index contributed by atoms with van der Waals surface area (Å²) in [5, 5.41) is 8.68. The number of nitrogens with one attached hydrogen (secondary N) is 1. The Balaban J connectivity index is 2.34. The Hall–Kier alpha value is -3.32. The van der Waals surface area contributed by atoms with Gasteiger partial charge in [-0.25, -0.2) is 14.9 Å². The fraction of sp³-hybridized carbons (Fsp3) is 0.190. The molecule has 0 radical (unpaired) electrons. The lowest BCUT2D eigenvalue weighted by atomic mass is 10.1. The molecule has 0 spiro atoms. The molecule has 28 heavy (non-hydrogen) atoms. The van der Waals surface area contributed by atoms with Gasteiger partial charge in [0.25, 0.3) is 11.5 Å². The van der Waals surface area contributed by atoms with E-state index in [4.69, 9.17) is 5.21 Å². The summed E-state index contributed by atoms with van der Waals surface area (Å²) in [4.78, 5) is 28.9. The highest BCUT2D eigenvalue weighted by molar-refractivity contribution is 5.91. The summed E-state index contributed by atoms with van der Waals surface area (Å²) in [6.45, 7) is 5.68. The first-order chi connectivity index (χ1) is 13.4. The van der Waals surface area contributed by atoms with Gasteiger partial charge in [-0.2, -0.15) is 0 Å². The number of rotatable bonds is 4. The van der Waals surface area contributed by atoms with Gasteiger partial charge >= 0.3 is 0 Å². The molecule has 0 fully saturated rings. The predicted molar refractivity (Wildman–Crippen MR) is 105 cm³/mol. The minimum Gasteiger partial charge on any atom is -0.288 e. The monoisotopic (exact) mass is 381 g/mol. The van der Waals surface area contributed by atoms with Crippen molar-refractivity contribution in [1.82, 2.24) is 15.0 Å². The molecule has 2 N–H and O–H groups in total. The van der Waals surface area contributed by atoms with Crippen molar-refractivity contribution in [2.45, 2.75) is 27.2 Å². The maximum absolute atomic E-state index is 14.6. The van der Waals surface area contributed by atoms with Crippen LogP contribution >= 0.6 is 0 Å². The topological polar surface area (TPSA) is 84.2 Å². The Kier molecular flexibility index (Phi) is 5.37. The Labute approximate surface area is 160 Å². The number of para-hydroxylation sites is 1. The Morgan fingerprint density at radius 1 is 1.29 bits per heavy atom. The summed E-state index contributed by atoms with van der Waals surface area (Å²) in [6.07, 6.45) is 2.81. The first-order valence-electron chi connectivity index (χ1n) is 8.81. The number of amides is 1. The van der Waals surface area contributed by atoms with Gasteiger partial charge in [-0.05, 0) is 48.7 Å². The van der Waals surface area contributed by atoms with Gasteiger partial charge in [0.2, 0.25) is 0 Å². The molecule has 7 heteroatoms. The van der Waals surface area contributed by atoms with Gasteiger partial charge in [0, 0.05) is 12.5 Å². The normalized spacial score (nSPS) is 11.3. The minimum atomic E-state index is -0.757. The number of benzene rings is 2. The van der Waals surface area contributed by atoms with Gasteiger partial charge < -0.3 is 0 Å². The zero-order valence-electron chi connectivity index (χ0n) is 15.8. The van der Waals surface area contributed by atoms with Crippen LogP contribution in [0.2, 0.25) is 0 Å². The lowest BCUT2D eigenvalue weighted by molar-refractivity contribution is -0.124. The lowest BCUT2D eigenvalue weighted by Crippen LogP contribution is -2.25. The summed E-state index contributed by atoms with van der Waals surface area (Å²) in [5.41, 5.74) is 3.95. The van der Waals surface area contributed by atoms with E-state index in [1.165, 1.54) is 28.3 Å². The average Bonchev–Trinajstić information content (AvgIpc) is 2.67. The summed E-state index contributed by atoms with van der Waals surface area (Å²) < 4.78 is 16.2. The molecular weight excluding hydrogens is 361 g/mol. The molecule has 0 unspecified atom stereocenters. The number of aromatic nitrogens is 2. The number of fused-ring (bicyclic) bond motifs is 1. The van der Waals surface area contributed by atoms with Crippen LogP contribution in [0.3, 0.4) is 0 Å². The number of halogens is 1. The van der Waals surface area contributed by atoms with E-state index < -0.39 is 11.7 Å². The molecule has 1 amide bonds. The number of nitrogens with zero attached hydrogens (tertiary/aromatic N) is 2. The third-order valence-corrected chi connectivity index (χ3v) is 4.53. The van der Waals surface area contributed by atoms with Gasteiger partial charge in [0.1, 0.15) is 17.2 Å². The highest BCUT2D eigenvalue weighted by atomic mass is 19.1. The predicted octanol–water partition coefficient (Wildman–Crippen LogP) is 3.22. The molecule has 6 nitrogen and oxygen atoms in total. The molecule has 0 bridgehead atoms. The molecule has 0 saturated carbocycles. The SMILES string of the molecule is CCc1nc2c(F)cc(/C=C/C(=O)NO)cc2c(=O)n1-c1c(C)cccc1C. The quantitative estimate of drug-likeness (QED) is 0.413. The largest absolute Gasteiger partial charge is 0.288 e. The van der Waals surface area contributed by atoms with Crippen molar-refractivity contribution in [3.05, 3.63) is 75.1 Å². The van der Waals surface area contributed by atoms with Crippen molar-refractivity contribution in [2.75, 3.05) is 0 Å². The number of carbonyl (C=O) groups is 1. The van der Waals surface area contributed by atoms with E-state index in [9.17, 15) is 14.0 Å². The standard InChI is InChI=1S/C21H20FN3O3/c1-4-17-23-19-15(10-14(11-16(19)22)8-9-18(26)24-28)21(27)25(17)20-12(2)6-5-7-13(20)3/h5-11,28H,4H2,1-3H3,(H,24,26)/b9-8+. The fourth-order valence-corrected chi connectivity index (χ4v) is 3.24. The summed E-state index contributed by atoms with van der Waals surface area (Å²) in [7, 11) is 0. The number of carbonyl (C=O) groups excluding carboxylic acids is 1. The van der Waals surface area contributed by atoms with Crippen molar-refractivity contribution in [2.24, 2.45) is 0 Å². The van der Waals surface area contributed by atoms with E-state index in [1.807, 2.05) is 39.0 Å². The van der Waals surface area contributed by atoms with E-state index in [0.717, 1.165) is 22.9 Å². The van der Waals surface area contributed by atoms with Crippen LogP contribution in [0.15, 0.2) is 41.2 Å². The highest BCUT2D eigenvalue weighted by Gasteiger charge is 2.17. The first-order valence-corrected chi connectivity index (χ1v) is 8.81. The average molecular weight is 381 g/mol. The smallest absolute Gasteiger partial charge is 0.267 e. The molecule has 0 aliphatic carbocycles. The molecule has 144 valence electrons. The molecule has 1 aromatic heterocycles. The second kappa shape index (κ2) is 7.74. The Morgan fingerprint density at radius 2 is 1.96 bits per heavy atom. The highest BCUT2D eigenvalue weighted by Crippen LogP contribution is 2.22. The molecular formula is C21H20FN3O3. The number of aryl methyl sites for hydroxylation is 3. The van der Waals surface area contributed by atoms with Gasteiger partial charge in [-0.3, -0.25) is 19.4 Å². The Bertz CT molecular complexity index is 1150. The lowest BCUT2D eigenvalue weighted by Gasteiger charge is -2.17. The third kappa shape index (κ3) is 3.44. The second-order valence-electron chi connectivity index (χ2n) is 6.47. The number of hydroxylamine groups is 1. The molecule has 2 aromatic carbocycles. The van der Waals surface area contributed by atoms with Crippen molar-refractivity contribution < 1.29 is 14.4 Å². The zero-order chi connectivity index (χ0) is 20.4. The van der Waals surface area contributed by atoms with Crippen LogP contribution in [0.5, 0.6) is 0 Å². The second-order valence-corrected chi connectivity index (χ2v) is 6.47. The molecule has 0 atom stereocenters. The minimum absolute atomic E-state index is 0.00639. The number of hydrogen-bond donors (Lipinski definition) is 2. The summed E-state index contributed by atoms with van der Waals surface area (Å²) in [5.74, 6) is -0.938. The molecule has 0 saturated heterocycles. The summed E-state index contributed by atoms with van der Waals surface area (Å²) in [6, 6.07) is 8.41. The van der Waals surface area contributed by atoms with Crippen molar-refractivity contribution in [1.29, 1.82) is 0 Å². The Morgan fingerprint density at radius 3 is 2.57 bits per heavy atom. The van der Waals surface area contributed by atoms with Gasteiger partial charge in [0.15, 0.2) is 0 Å². The molecule has 1 heterocycles. The van der Waals surface area contributed by atoms with Crippen molar-refractivity contribution in [3.8, 4) is 5.69 Å². The number of hydrogen-bond acceptors (Lipinski definition) is 4. The van der Waals surface area contributed by atoms with Crippen molar-refractivity contribution >= 4 is 22.9 Å². The van der Waals surface area contributed by atoms with Crippen LogP contribution in [0.4, 0.5) is 4.39 Å². The van der Waals surface area contributed by atoms with E-state index in [1.54, 1.807) is 0 Å². The molecule has 0 aliphatic heterocycles. The van der Waals surface area contributed by atoms with E-state index in [-0.39, 0.29) is 16.5 Å². The van der Waals surface area contributed by atoms with Crippen molar-refractivity contribution in [3.63, 3.8) is 0 Å². The van der Waals surface area contributed by atoms with Crippen LogP contribution in [-0.4, -0.2) is 20.7 Å².